The number of amides is 2. The predicted molar refractivity (Wildman–Crippen MR) is 126 cm³/mol. The minimum absolute atomic E-state index is 0.299. The first-order valence-corrected chi connectivity index (χ1v) is 10.6. The average molecular weight is 411 g/mol. The third kappa shape index (κ3) is 4.02. The van der Waals surface area contributed by atoms with Crippen LogP contribution >= 0.6 is 0 Å². The molecule has 0 spiro atoms. The molecule has 31 heavy (non-hydrogen) atoms. The van der Waals surface area contributed by atoms with Crippen LogP contribution in [-0.2, 0) is 16.0 Å². The van der Waals surface area contributed by atoms with Gasteiger partial charge in [0.05, 0.1) is 11.3 Å². The molecule has 0 atom stereocenters. The molecule has 1 aliphatic heterocycles. The normalized spacial score (nSPS) is 14.0. The van der Waals surface area contributed by atoms with Gasteiger partial charge in [0, 0.05) is 5.69 Å². The number of anilines is 2. The summed E-state index contributed by atoms with van der Waals surface area (Å²) in [7, 11) is 0. The van der Waals surface area contributed by atoms with Crippen LogP contribution in [0.4, 0.5) is 11.4 Å². The van der Waals surface area contributed by atoms with Gasteiger partial charge in [-0.25, -0.2) is 4.90 Å². The summed E-state index contributed by atoms with van der Waals surface area (Å²) in [6.07, 6.45) is 0.898. The van der Waals surface area contributed by atoms with E-state index in [1.807, 2.05) is 78.9 Å². The van der Waals surface area contributed by atoms with Gasteiger partial charge >= 0.3 is 0 Å². The maximum absolute atomic E-state index is 13.4. The summed E-state index contributed by atoms with van der Waals surface area (Å²) in [5.74, 6) is -0.243. The highest BCUT2D eigenvalue weighted by atomic mass is 16.2. The first-order valence-electron chi connectivity index (χ1n) is 10.6. The molecule has 0 unspecified atom stereocenters. The van der Waals surface area contributed by atoms with Crippen LogP contribution in [0.1, 0.15) is 43.4 Å². The SMILES string of the molecule is CCc1ccc(N2C(=O)C(Nc3ccc(C(C)C)cc3)=C(c3ccccc3)C2=O)cc1. The van der Waals surface area contributed by atoms with Crippen molar-refractivity contribution in [1.29, 1.82) is 0 Å². The van der Waals surface area contributed by atoms with Crippen molar-refractivity contribution in [1.82, 2.24) is 0 Å². The standard InChI is InChI=1S/C27H26N2O2/c1-4-19-10-16-23(17-11-19)29-26(30)24(21-8-6-5-7-9-21)25(27(29)31)28-22-14-12-20(13-15-22)18(2)3/h5-18,28H,4H2,1-3H3. The van der Waals surface area contributed by atoms with Gasteiger partial charge in [0.25, 0.3) is 11.8 Å². The van der Waals surface area contributed by atoms with Crippen molar-refractivity contribution in [3.63, 3.8) is 0 Å². The van der Waals surface area contributed by atoms with Crippen LogP contribution in [-0.4, -0.2) is 11.8 Å². The van der Waals surface area contributed by atoms with E-state index in [0.717, 1.165) is 23.2 Å². The second-order valence-corrected chi connectivity index (χ2v) is 7.98. The van der Waals surface area contributed by atoms with Gasteiger partial charge in [-0.05, 0) is 53.3 Å². The molecule has 4 heteroatoms. The van der Waals surface area contributed by atoms with E-state index < -0.39 is 0 Å². The van der Waals surface area contributed by atoms with E-state index in [1.54, 1.807) is 0 Å². The van der Waals surface area contributed by atoms with Crippen molar-refractivity contribution in [3.8, 4) is 0 Å². The molecule has 0 radical (unpaired) electrons. The molecule has 1 aliphatic rings. The Morgan fingerprint density at radius 2 is 1.45 bits per heavy atom. The largest absolute Gasteiger partial charge is 0.350 e. The molecule has 1 heterocycles. The summed E-state index contributed by atoms with van der Waals surface area (Å²) in [5.41, 5.74) is 5.13. The summed E-state index contributed by atoms with van der Waals surface area (Å²) in [6.45, 7) is 6.35. The highest BCUT2D eigenvalue weighted by Crippen LogP contribution is 2.34. The summed E-state index contributed by atoms with van der Waals surface area (Å²) in [4.78, 5) is 28.1. The van der Waals surface area contributed by atoms with Crippen LogP contribution in [0.25, 0.3) is 5.57 Å². The maximum atomic E-state index is 13.4. The third-order valence-corrected chi connectivity index (χ3v) is 5.60. The molecule has 0 saturated heterocycles. The van der Waals surface area contributed by atoms with Crippen LogP contribution in [0.3, 0.4) is 0 Å². The van der Waals surface area contributed by atoms with Crippen molar-refractivity contribution < 1.29 is 9.59 Å². The van der Waals surface area contributed by atoms with Crippen LogP contribution in [0, 0.1) is 0 Å². The number of rotatable bonds is 6. The number of hydrogen-bond acceptors (Lipinski definition) is 3. The van der Waals surface area contributed by atoms with Gasteiger partial charge in [0.2, 0.25) is 0 Å². The Morgan fingerprint density at radius 3 is 2.03 bits per heavy atom. The molecule has 156 valence electrons. The Labute approximate surface area is 183 Å². The van der Waals surface area contributed by atoms with Crippen molar-refractivity contribution in [3.05, 3.63) is 101 Å². The molecule has 1 N–H and O–H groups in total. The Morgan fingerprint density at radius 1 is 0.806 bits per heavy atom. The zero-order valence-electron chi connectivity index (χ0n) is 18.1. The topological polar surface area (TPSA) is 49.4 Å². The van der Waals surface area contributed by atoms with Crippen LogP contribution < -0.4 is 10.2 Å². The molecule has 0 bridgehead atoms. The zero-order valence-corrected chi connectivity index (χ0v) is 18.1. The first kappa shape index (κ1) is 20.6. The molecular formula is C27H26N2O2. The molecule has 0 aliphatic carbocycles. The molecule has 4 nitrogen and oxygen atoms in total. The van der Waals surface area contributed by atoms with E-state index in [0.29, 0.717) is 22.9 Å². The van der Waals surface area contributed by atoms with Gasteiger partial charge in [0.1, 0.15) is 5.70 Å². The number of hydrogen-bond donors (Lipinski definition) is 1. The molecule has 4 rings (SSSR count). The molecule has 3 aromatic rings. The first-order chi connectivity index (χ1) is 15.0. The molecule has 0 aromatic heterocycles. The highest BCUT2D eigenvalue weighted by Gasteiger charge is 2.40. The number of carbonyl (C=O) groups is 2. The molecular weight excluding hydrogens is 384 g/mol. The summed E-state index contributed by atoms with van der Waals surface area (Å²) < 4.78 is 0. The number of imide groups is 1. The number of benzene rings is 3. The lowest BCUT2D eigenvalue weighted by molar-refractivity contribution is -0.120. The van der Waals surface area contributed by atoms with Gasteiger partial charge in [-0.15, -0.1) is 0 Å². The number of nitrogens with one attached hydrogen (secondary N) is 1. The fraction of sp³-hybridized carbons (Fsp3) is 0.185. The zero-order chi connectivity index (χ0) is 22.0. The number of aryl methyl sites for hydroxylation is 1. The van der Waals surface area contributed by atoms with E-state index in [-0.39, 0.29) is 11.8 Å². The van der Waals surface area contributed by atoms with Gasteiger partial charge in [-0.3, -0.25) is 9.59 Å². The highest BCUT2D eigenvalue weighted by molar-refractivity contribution is 6.46. The Balaban J connectivity index is 1.74. The van der Waals surface area contributed by atoms with Crippen LogP contribution in [0.5, 0.6) is 0 Å². The maximum Gasteiger partial charge on any atom is 0.282 e. The average Bonchev–Trinajstić information content (AvgIpc) is 3.04. The van der Waals surface area contributed by atoms with E-state index in [2.05, 4.69) is 26.1 Å². The molecule has 3 aromatic carbocycles. The van der Waals surface area contributed by atoms with Crippen molar-refractivity contribution in [2.24, 2.45) is 0 Å². The van der Waals surface area contributed by atoms with Gasteiger partial charge < -0.3 is 5.32 Å². The van der Waals surface area contributed by atoms with Crippen molar-refractivity contribution in [2.45, 2.75) is 33.1 Å². The smallest absolute Gasteiger partial charge is 0.282 e. The second-order valence-electron chi connectivity index (χ2n) is 7.98. The lowest BCUT2D eigenvalue weighted by atomic mass is 10.0. The number of carbonyl (C=O) groups excluding carboxylic acids is 2. The van der Waals surface area contributed by atoms with E-state index >= 15 is 0 Å². The molecule has 2 amide bonds. The summed E-state index contributed by atoms with van der Waals surface area (Å²) >= 11 is 0. The Bertz CT molecular complexity index is 1130. The second kappa shape index (κ2) is 8.60. The predicted octanol–water partition coefficient (Wildman–Crippen LogP) is 5.77. The van der Waals surface area contributed by atoms with E-state index in [9.17, 15) is 9.59 Å². The van der Waals surface area contributed by atoms with Crippen molar-refractivity contribution >= 4 is 28.8 Å². The van der Waals surface area contributed by atoms with Gasteiger partial charge in [-0.2, -0.15) is 0 Å². The van der Waals surface area contributed by atoms with Crippen LogP contribution in [0.15, 0.2) is 84.6 Å². The minimum Gasteiger partial charge on any atom is -0.350 e. The summed E-state index contributed by atoms with van der Waals surface area (Å²) in [5, 5.41) is 3.23. The van der Waals surface area contributed by atoms with Crippen LogP contribution in [0.2, 0.25) is 0 Å². The van der Waals surface area contributed by atoms with Crippen molar-refractivity contribution in [2.75, 3.05) is 10.2 Å². The Kier molecular flexibility index (Phi) is 5.72. The third-order valence-electron chi connectivity index (χ3n) is 5.60. The Hall–Kier alpha value is -3.66. The fourth-order valence-corrected chi connectivity index (χ4v) is 3.73. The van der Waals surface area contributed by atoms with Gasteiger partial charge in [-0.1, -0.05) is 75.4 Å². The molecule has 0 fully saturated rings. The quantitative estimate of drug-likeness (QED) is 0.525. The fourth-order valence-electron chi connectivity index (χ4n) is 3.73. The summed E-state index contributed by atoms with van der Waals surface area (Å²) in [6, 6.07) is 24.9. The number of nitrogens with zero attached hydrogens (tertiary/aromatic N) is 1. The lowest BCUT2D eigenvalue weighted by Crippen LogP contribution is -2.32. The molecule has 0 saturated carbocycles. The monoisotopic (exact) mass is 410 g/mol. The van der Waals surface area contributed by atoms with E-state index in [4.69, 9.17) is 0 Å². The van der Waals surface area contributed by atoms with Gasteiger partial charge in [0.15, 0.2) is 0 Å². The minimum atomic E-state index is -0.346. The lowest BCUT2D eigenvalue weighted by Gasteiger charge is -2.16. The van der Waals surface area contributed by atoms with E-state index in [1.165, 1.54) is 10.5 Å².